The van der Waals surface area contributed by atoms with Crippen LogP contribution in [0.5, 0.6) is 0 Å². The van der Waals surface area contributed by atoms with Gasteiger partial charge in [-0.15, -0.1) is 0 Å². The zero-order chi connectivity index (χ0) is 18.0. The number of anilines is 1. The van der Waals surface area contributed by atoms with Crippen LogP contribution in [0.1, 0.15) is 41.8 Å². The van der Waals surface area contributed by atoms with Crippen LogP contribution < -0.4 is 5.73 Å². The average Bonchev–Trinajstić information content (AvgIpc) is 2.86. The molecule has 0 fully saturated rings. The highest BCUT2D eigenvalue weighted by Crippen LogP contribution is 2.27. The zero-order valence-corrected chi connectivity index (χ0v) is 16.7. The van der Waals surface area contributed by atoms with E-state index >= 15 is 0 Å². The maximum atomic E-state index is 5.79. The first-order chi connectivity index (χ1) is 11.4. The number of fused-ring (bicyclic) bond motifs is 1. The Kier molecular flexibility index (Phi) is 5.59. The summed E-state index contributed by atoms with van der Waals surface area (Å²) >= 11 is 3.47. The van der Waals surface area contributed by atoms with Gasteiger partial charge in [-0.05, 0) is 65.9 Å². The predicted octanol–water partition coefficient (Wildman–Crippen LogP) is 4.48. The molecular weight excluding hydrogens is 366 g/mol. The second kappa shape index (κ2) is 7.30. The lowest BCUT2D eigenvalue weighted by Gasteiger charge is -2.11. The third kappa shape index (κ3) is 3.29. The van der Waals surface area contributed by atoms with Crippen molar-refractivity contribution in [2.24, 2.45) is 0 Å². The van der Waals surface area contributed by atoms with Gasteiger partial charge in [0, 0.05) is 12.4 Å². The first-order valence-electron chi connectivity index (χ1n) is 8.08. The summed E-state index contributed by atoms with van der Waals surface area (Å²) in [5.41, 5.74) is 12.5. The summed E-state index contributed by atoms with van der Waals surface area (Å²) in [7, 11) is 0. The highest BCUT2D eigenvalue weighted by Gasteiger charge is 2.14. The summed E-state index contributed by atoms with van der Waals surface area (Å²) < 4.78 is 2.81. The van der Waals surface area contributed by atoms with Crippen LogP contribution >= 0.6 is 15.9 Å². The molecule has 0 bridgehead atoms. The molecule has 5 nitrogen and oxygen atoms in total. The van der Waals surface area contributed by atoms with Gasteiger partial charge in [-0.2, -0.15) is 4.98 Å². The van der Waals surface area contributed by atoms with Crippen molar-refractivity contribution in [2.75, 3.05) is 5.73 Å². The van der Waals surface area contributed by atoms with Crippen LogP contribution in [0.25, 0.3) is 11.0 Å². The molecule has 3 aromatic heterocycles. The summed E-state index contributed by atoms with van der Waals surface area (Å²) in [5, 5.41) is 0.996. The number of nitrogens with two attached hydrogens (primary N) is 1. The van der Waals surface area contributed by atoms with Crippen molar-refractivity contribution < 1.29 is 0 Å². The van der Waals surface area contributed by atoms with Gasteiger partial charge in [-0.25, -0.2) is 4.98 Å². The predicted molar refractivity (Wildman–Crippen MR) is 103 cm³/mol. The van der Waals surface area contributed by atoms with Crippen molar-refractivity contribution in [3.8, 4) is 0 Å². The van der Waals surface area contributed by atoms with E-state index in [0.29, 0.717) is 6.54 Å². The highest BCUT2D eigenvalue weighted by molar-refractivity contribution is 9.10. The Morgan fingerprint density at radius 2 is 1.71 bits per heavy atom. The number of halogens is 1. The van der Waals surface area contributed by atoms with E-state index in [1.54, 1.807) is 0 Å². The topological polar surface area (TPSA) is 69.6 Å². The number of pyridine rings is 1. The molecule has 0 spiro atoms. The molecule has 0 aliphatic heterocycles. The SMILES string of the molecule is CC.Cc1cnc(Cn2cc(C)c3c(Br)nc(N)nc32)c(C)c1C. The maximum absolute atomic E-state index is 5.79. The number of hydrogen-bond donors (Lipinski definition) is 1. The number of hydrogen-bond acceptors (Lipinski definition) is 4. The second-order valence-electron chi connectivity index (χ2n) is 5.65. The minimum Gasteiger partial charge on any atom is -0.368 e. The molecule has 0 amide bonds. The standard InChI is InChI=1S/C16H18BrN5.C2H6/c1-8-5-19-12(11(4)10(8)3)7-22-6-9(2)13-14(17)20-16(18)21-15(13)22;1-2/h5-6H,7H2,1-4H3,(H2,18,20,21);1-2H3. The molecule has 2 N–H and O–H groups in total. The first-order valence-corrected chi connectivity index (χ1v) is 8.88. The normalized spacial score (nSPS) is 10.6. The van der Waals surface area contributed by atoms with Gasteiger partial charge < -0.3 is 10.3 Å². The number of aryl methyl sites for hydroxylation is 2. The molecule has 0 unspecified atom stereocenters. The second-order valence-corrected chi connectivity index (χ2v) is 6.40. The lowest BCUT2D eigenvalue weighted by Crippen LogP contribution is -2.06. The third-order valence-electron chi connectivity index (χ3n) is 4.20. The Morgan fingerprint density at radius 1 is 1.04 bits per heavy atom. The minimum atomic E-state index is 0.267. The molecule has 0 atom stereocenters. The van der Waals surface area contributed by atoms with Gasteiger partial charge >= 0.3 is 0 Å². The number of rotatable bonds is 2. The molecule has 3 rings (SSSR count). The van der Waals surface area contributed by atoms with Crippen molar-refractivity contribution in [2.45, 2.75) is 48.1 Å². The van der Waals surface area contributed by atoms with Gasteiger partial charge in [-0.3, -0.25) is 4.98 Å². The van der Waals surface area contributed by atoms with Crippen molar-refractivity contribution in [1.29, 1.82) is 0 Å². The number of nitrogens with zero attached hydrogens (tertiary/aromatic N) is 4. The molecule has 0 radical (unpaired) electrons. The van der Waals surface area contributed by atoms with E-state index in [4.69, 9.17) is 5.73 Å². The molecule has 128 valence electrons. The fourth-order valence-corrected chi connectivity index (χ4v) is 3.34. The Labute approximate surface area is 151 Å². The molecule has 0 aliphatic rings. The Balaban J connectivity index is 0.00000100. The average molecular weight is 390 g/mol. The van der Waals surface area contributed by atoms with Gasteiger partial charge in [0.2, 0.25) is 5.95 Å². The van der Waals surface area contributed by atoms with Crippen molar-refractivity contribution >= 4 is 32.9 Å². The highest BCUT2D eigenvalue weighted by atomic mass is 79.9. The number of nitrogen functional groups attached to an aromatic ring is 1. The maximum Gasteiger partial charge on any atom is 0.223 e. The molecule has 6 heteroatoms. The summed E-state index contributed by atoms with van der Waals surface area (Å²) in [4.78, 5) is 13.2. The summed E-state index contributed by atoms with van der Waals surface area (Å²) in [6.45, 7) is 13.0. The lowest BCUT2D eigenvalue weighted by molar-refractivity contribution is 0.784. The quantitative estimate of drug-likeness (QED) is 0.655. The molecule has 24 heavy (non-hydrogen) atoms. The lowest BCUT2D eigenvalue weighted by atomic mass is 10.0. The van der Waals surface area contributed by atoms with E-state index in [1.165, 1.54) is 16.7 Å². The minimum absolute atomic E-state index is 0.267. The fraction of sp³-hybridized carbons (Fsp3) is 0.389. The Bertz CT molecular complexity index is 883. The van der Waals surface area contributed by atoms with Crippen LogP contribution in [0.2, 0.25) is 0 Å². The zero-order valence-electron chi connectivity index (χ0n) is 15.1. The van der Waals surface area contributed by atoms with E-state index in [9.17, 15) is 0 Å². The van der Waals surface area contributed by atoms with Crippen LogP contribution in [0.15, 0.2) is 17.0 Å². The first kappa shape index (κ1) is 18.4. The van der Waals surface area contributed by atoms with E-state index in [0.717, 1.165) is 26.9 Å². The largest absolute Gasteiger partial charge is 0.368 e. The van der Waals surface area contributed by atoms with Crippen LogP contribution in [-0.2, 0) is 6.54 Å². The van der Waals surface area contributed by atoms with E-state index < -0.39 is 0 Å². The van der Waals surface area contributed by atoms with Gasteiger partial charge in [0.15, 0.2) is 0 Å². The van der Waals surface area contributed by atoms with Crippen LogP contribution in [0.3, 0.4) is 0 Å². The van der Waals surface area contributed by atoms with Crippen LogP contribution in [0.4, 0.5) is 5.95 Å². The molecule has 0 aliphatic carbocycles. The van der Waals surface area contributed by atoms with E-state index in [-0.39, 0.29) is 5.95 Å². The fourth-order valence-electron chi connectivity index (χ4n) is 2.67. The summed E-state index contributed by atoms with van der Waals surface area (Å²) in [6.07, 6.45) is 4.00. The number of aromatic nitrogens is 4. The van der Waals surface area contributed by atoms with Gasteiger partial charge in [-0.1, -0.05) is 13.8 Å². The molecule has 0 aromatic carbocycles. The summed E-state index contributed by atoms with van der Waals surface area (Å²) in [5.74, 6) is 0.267. The monoisotopic (exact) mass is 389 g/mol. The molecule has 3 heterocycles. The van der Waals surface area contributed by atoms with Crippen LogP contribution in [0, 0.1) is 27.7 Å². The van der Waals surface area contributed by atoms with Gasteiger partial charge in [0.05, 0.1) is 17.6 Å². The summed E-state index contributed by atoms with van der Waals surface area (Å²) in [6, 6.07) is 0. The molecule has 0 saturated heterocycles. The Hall–Kier alpha value is -1.95. The van der Waals surface area contributed by atoms with E-state index in [1.807, 2.05) is 27.0 Å². The van der Waals surface area contributed by atoms with E-state index in [2.05, 4.69) is 62.4 Å². The van der Waals surface area contributed by atoms with Gasteiger partial charge in [0.1, 0.15) is 10.3 Å². The third-order valence-corrected chi connectivity index (χ3v) is 4.77. The van der Waals surface area contributed by atoms with Crippen molar-refractivity contribution in [3.63, 3.8) is 0 Å². The van der Waals surface area contributed by atoms with Crippen molar-refractivity contribution in [3.05, 3.63) is 44.9 Å². The molecule has 0 saturated carbocycles. The Morgan fingerprint density at radius 3 is 2.38 bits per heavy atom. The van der Waals surface area contributed by atoms with Crippen LogP contribution in [-0.4, -0.2) is 19.5 Å². The van der Waals surface area contributed by atoms with Crippen molar-refractivity contribution in [1.82, 2.24) is 19.5 Å². The van der Waals surface area contributed by atoms with Gasteiger partial charge in [0.25, 0.3) is 0 Å². The smallest absolute Gasteiger partial charge is 0.223 e. The molecular formula is C18H24BrN5. The molecule has 3 aromatic rings.